The van der Waals surface area contributed by atoms with Gasteiger partial charge in [0.15, 0.2) is 0 Å². The molecule has 0 aliphatic carbocycles. The summed E-state index contributed by atoms with van der Waals surface area (Å²) in [5.74, 6) is -1.36. The molecule has 0 aromatic carbocycles. The Morgan fingerprint density at radius 1 is 1.38 bits per heavy atom. The molecule has 68 valence electrons. The summed E-state index contributed by atoms with van der Waals surface area (Å²) >= 11 is 0. The van der Waals surface area contributed by atoms with E-state index in [1.54, 1.807) is 6.92 Å². The van der Waals surface area contributed by atoms with Gasteiger partial charge in [0, 0.05) is 12.2 Å². The topological polar surface area (TPSA) is 63.7 Å². The van der Waals surface area contributed by atoms with E-state index in [2.05, 4.69) is 4.74 Å². The lowest BCUT2D eigenvalue weighted by Gasteiger charge is -2.08. The molecule has 0 saturated heterocycles. The van der Waals surface area contributed by atoms with Crippen molar-refractivity contribution < 1.29 is 19.1 Å². The number of carbonyl (C=O) groups is 3. The van der Waals surface area contributed by atoms with E-state index in [1.165, 1.54) is 6.08 Å². The largest absolute Gasteiger partial charge is 0.428 e. The van der Waals surface area contributed by atoms with E-state index in [9.17, 15) is 14.4 Å². The first kappa shape index (κ1) is 9.18. The maximum atomic E-state index is 11.0. The van der Waals surface area contributed by atoms with Crippen LogP contribution in [0.25, 0.3) is 0 Å². The predicted octanol–water partition coefficient (Wildman–Crippen LogP) is 0.582. The molecule has 0 radical (unpaired) electrons. The maximum Gasteiger partial charge on any atom is 0.428 e. The lowest BCUT2D eigenvalue weighted by Crippen LogP contribution is -2.35. The highest BCUT2D eigenvalue weighted by Gasteiger charge is 2.30. The number of imide groups is 3. The molecule has 1 heterocycles. The molecule has 0 unspecified atom stereocenters. The Morgan fingerprint density at radius 3 is 2.38 bits per heavy atom. The number of ether oxygens (including phenoxy) is 1. The van der Waals surface area contributed by atoms with Gasteiger partial charge in [-0.25, -0.2) is 4.79 Å². The third-order valence-electron chi connectivity index (χ3n) is 1.30. The van der Waals surface area contributed by atoms with Crippen LogP contribution in [0.1, 0.15) is 6.92 Å². The molecule has 5 heteroatoms. The first-order valence-electron chi connectivity index (χ1n) is 3.54. The van der Waals surface area contributed by atoms with Gasteiger partial charge in [-0.1, -0.05) is 6.08 Å². The number of nitrogens with zero attached hydrogens (tertiary/aromatic N) is 1. The van der Waals surface area contributed by atoms with E-state index in [-0.39, 0.29) is 0 Å². The number of hydrogen-bond donors (Lipinski definition) is 0. The average molecular weight is 181 g/mol. The molecule has 1 aliphatic heterocycles. The number of carbonyl (C=O) groups excluding carboxylic acids is 3. The highest BCUT2D eigenvalue weighted by Crippen LogP contribution is 2.05. The Morgan fingerprint density at radius 2 is 1.92 bits per heavy atom. The Balaban J connectivity index is 2.67. The van der Waals surface area contributed by atoms with Gasteiger partial charge in [-0.3, -0.25) is 9.59 Å². The fourth-order valence-electron chi connectivity index (χ4n) is 0.759. The van der Waals surface area contributed by atoms with Crippen LogP contribution in [-0.4, -0.2) is 22.8 Å². The molecule has 1 aliphatic rings. The van der Waals surface area contributed by atoms with E-state index in [0.717, 1.165) is 18.4 Å². The van der Waals surface area contributed by atoms with Gasteiger partial charge >= 0.3 is 6.09 Å². The summed E-state index contributed by atoms with van der Waals surface area (Å²) in [6.07, 6.45) is 3.61. The van der Waals surface area contributed by atoms with Gasteiger partial charge in [0.1, 0.15) is 0 Å². The second-order valence-electron chi connectivity index (χ2n) is 2.20. The Hall–Kier alpha value is -1.91. The number of amides is 3. The van der Waals surface area contributed by atoms with Crippen LogP contribution in [0.5, 0.6) is 0 Å². The standard InChI is InChI=1S/C8H7NO4/c1-2-5-13-8(12)9-6(10)3-4-7(9)11/h2-5H,1H3. The maximum absolute atomic E-state index is 11.0. The van der Waals surface area contributed by atoms with Crippen molar-refractivity contribution in [3.8, 4) is 0 Å². The quantitative estimate of drug-likeness (QED) is 0.438. The molecule has 13 heavy (non-hydrogen) atoms. The van der Waals surface area contributed by atoms with Crippen LogP contribution in [0.2, 0.25) is 0 Å². The van der Waals surface area contributed by atoms with Crippen LogP contribution < -0.4 is 0 Å². The van der Waals surface area contributed by atoms with E-state index in [4.69, 9.17) is 0 Å². The summed E-state index contributed by atoms with van der Waals surface area (Å²) in [7, 11) is 0. The second-order valence-corrected chi connectivity index (χ2v) is 2.20. The van der Waals surface area contributed by atoms with Gasteiger partial charge in [0.25, 0.3) is 11.8 Å². The lowest BCUT2D eigenvalue weighted by molar-refractivity contribution is -0.134. The summed E-state index contributed by atoms with van der Waals surface area (Å²) in [6.45, 7) is 1.64. The van der Waals surface area contributed by atoms with Gasteiger partial charge in [0.05, 0.1) is 6.26 Å². The lowest BCUT2D eigenvalue weighted by atomic mass is 10.6. The highest BCUT2D eigenvalue weighted by molar-refractivity contribution is 6.21. The molecule has 0 atom stereocenters. The second kappa shape index (κ2) is 3.66. The Labute approximate surface area is 74.3 Å². The highest BCUT2D eigenvalue weighted by atomic mass is 16.5. The van der Waals surface area contributed by atoms with Crippen molar-refractivity contribution in [1.29, 1.82) is 0 Å². The smallest absolute Gasteiger partial charge is 0.418 e. The molecule has 0 aromatic heterocycles. The van der Waals surface area contributed by atoms with Crippen LogP contribution in [-0.2, 0) is 14.3 Å². The first-order valence-corrected chi connectivity index (χ1v) is 3.54. The molecular weight excluding hydrogens is 174 g/mol. The van der Waals surface area contributed by atoms with E-state index in [0.29, 0.717) is 4.90 Å². The molecule has 0 spiro atoms. The predicted molar refractivity (Wildman–Crippen MR) is 42.3 cm³/mol. The summed E-state index contributed by atoms with van der Waals surface area (Å²) in [5.41, 5.74) is 0. The minimum absolute atomic E-state index is 0.417. The summed E-state index contributed by atoms with van der Waals surface area (Å²) in [5, 5.41) is 0. The Bertz CT molecular complexity index is 298. The van der Waals surface area contributed by atoms with Crippen molar-refractivity contribution in [1.82, 2.24) is 4.90 Å². The summed E-state index contributed by atoms with van der Waals surface area (Å²) in [4.78, 5) is 33.2. The van der Waals surface area contributed by atoms with Crippen molar-refractivity contribution in [2.24, 2.45) is 0 Å². The fraction of sp³-hybridized carbons (Fsp3) is 0.125. The van der Waals surface area contributed by atoms with Gasteiger partial charge in [-0.2, -0.15) is 4.90 Å². The van der Waals surface area contributed by atoms with Crippen molar-refractivity contribution in [2.45, 2.75) is 6.92 Å². The van der Waals surface area contributed by atoms with Crippen LogP contribution in [0, 0.1) is 0 Å². The summed E-state index contributed by atoms with van der Waals surface area (Å²) in [6, 6.07) is 0. The first-order chi connectivity index (χ1) is 6.16. The van der Waals surface area contributed by atoms with Crippen molar-refractivity contribution >= 4 is 17.9 Å². The van der Waals surface area contributed by atoms with E-state index >= 15 is 0 Å². The zero-order valence-electron chi connectivity index (χ0n) is 6.89. The number of allylic oxidation sites excluding steroid dienone is 1. The third-order valence-corrected chi connectivity index (χ3v) is 1.30. The minimum Gasteiger partial charge on any atom is -0.418 e. The molecule has 0 N–H and O–H groups in total. The molecule has 0 aromatic rings. The number of rotatable bonds is 1. The van der Waals surface area contributed by atoms with Crippen LogP contribution in [0.3, 0.4) is 0 Å². The molecule has 0 fully saturated rings. The monoisotopic (exact) mass is 181 g/mol. The van der Waals surface area contributed by atoms with Gasteiger partial charge in [0.2, 0.25) is 0 Å². The van der Waals surface area contributed by atoms with Crippen LogP contribution >= 0.6 is 0 Å². The van der Waals surface area contributed by atoms with Crippen molar-refractivity contribution in [2.75, 3.05) is 0 Å². The average Bonchev–Trinajstić information content (AvgIpc) is 2.42. The van der Waals surface area contributed by atoms with E-state index < -0.39 is 17.9 Å². The normalized spacial score (nSPS) is 15.9. The SMILES string of the molecule is CC=COC(=O)N1C(=O)C=CC1=O. The van der Waals surface area contributed by atoms with Crippen molar-refractivity contribution in [3.05, 3.63) is 24.5 Å². The molecule has 0 saturated carbocycles. The summed E-state index contributed by atoms with van der Waals surface area (Å²) < 4.78 is 4.44. The van der Waals surface area contributed by atoms with Crippen LogP contribution in [0.15, 0.2) is 24.5 Å². The molecule has 0 bridgehead atoms. The fourth-order valence-corrected chi connectivity index (χ4v) is 0.759. The molecule has 5 nitrogen and oxygen atoms in total. The van der Waals surface area contributed by atoms with Gasteiger partial charge < -0.3 is 4.74 Å². The van der Waals surface area contributed by atoms with Crippen molar-refractivity contribution in [3.63, 3.8) is 0 Å². The molecular formula is C8H7NO4. The zero-order valence-corrected chi connectivity index (χ0v) is 6.89. The Kier molecular flexibility index (Phi) is 2.59. The van der Waals surface area contributed by atoms with Gasteiger partial charge in [-0.15, -0.1) is 0 Å². The number of hydrogen-bond acceptors (Lipinski definition) is 4. The molecule has 3 amide bonds. The van der Waals surface area contributed by atoms with Gasteiger partial charge in [-0.05, 0) is 6.92 Å². The minimum atomic E-state index is -0.988. The van der Waals surface area contributed by atoms with E-state index in [1.807, 2.05) is 0 Å². The molecule has 1 rings (SSSR count). The zero-order chi connectivity index (χ0) is 9.84. The third kappa shape index (κ3) is 1.81. The van der Waals surface area contributed by atoms with Crippen LogP contribution in [0.4, 0.5) is 4.79 Å².